The molecule has 2 aliphatic carbocycles. The summed E-state index contributed by atoms with van der Waals surface area (Å²) in [5.41, 5.74) is 6.52. The molecule has 2 unspecified atom stereocenters. The Morgan fingerprint density at radius 1 is 1.27 bits per heavy atom. The van der Waals surface area contributed by atoms with Crippen LogP contribution >= 0.6 is 0 Å². The maximum Gasteiger partial charge on any atom is 0.0864 e. The van der Waals surface area contributed by atoms with E-state index in [1.807, 2.05) is 0 Å². The van der Waals surface area contributed by atoms with Crippen molar-refractivity contribution < 1.29 is 4.74 Å². The molecule has 0 amide bonds. The van der Waals surface area contributed by atoms with Crippen LogP contribution in [0.3, 0.4) is 0 Å². The van der Waals surface area contributed by atoms with Gasteiger partial charge in [0.05, 0.1) is 17.7 Å². The zero-order chi connectivity index (χ0) is 7.53. The van der Waals surface area contributed by atoms with Crippen molar-refractivity contribution in [1.29, 1.82) is 0 Å². The van der Waals surface area contributed by atoms with E-state index in [0.29, 0.717) is 5.92 Å². The molecule has 1 aliphatic heterocycles. The Labute approximate surface area is 67.1 Å². The molecular weight excluding hydrogens is 138 g/mol. The smallest absolute Gasteiger partial charge is 0.0864 e. The Bertz CT molecular complexity index is 190. The van der Waals surface area contributed by atoms with E-state index < -0.39 is 0 Å². The van der Waals surface area contributed by atoms with Crippen LogP contribution in [0.1, 0.15) is 32.1 Å². The number of fused-ring (bicyclic) bond motifs is 2. The molecule has 0 aromatic heterocycles. The lowest BCUT2D eigenvalue weighted by Crippen LogP contribution is -2.47. The third-order valence-electron chi connectivity index (χ3n) is 3.97. The number of nitrogens with two attached hydrogens (primary N) is 1. The van der Waals surface area contributed by atoms with Crippen LogP contribution in [0.2, 0.25) is 0 Å². The first kappa shape index (κ1) is 6.44. The van der Waals surface area contributed by atoms with Crippen molar-refractivity contribution >= 4 is 0 Å². The van der Waals surface area contributed by atoms with E-state index >= 15 is 0 Å². The van der Waals surface area contributed by atoms with Crippen LogP contribution in [0.25, 0.3) is 0 Å². The van der Waals surface area contributed by atoms with Gasteiger partial charge < -0.3 is 10.5 Å². The fraction of sp³-hybridized carbons (Fsp3) is 1.00. The molecule has 1 spiro atoms. The third kappa shape index (κ3) is 0.574. The molecule has 11 heavy (non-hydrogen) atoms. The molecule has 0 bridgehead atoms. The summed E-state index contributed by atoms with van der Waals surface area (Å²) in [5.74, 6) is 0.709. The second-order valence-corrected chi connectivity index (χ2v) is 4.45. The maximum atomic E-state index is 6.27. The molecule has 0 radical (unpaired) electrons. The lowest BCUT2D eigenvalue weighted by Gasteiger charge is -2.31. The van der Waals surface area contributed by atoms with Crippen molar-refractivity contribution in [2.45, 2.75) is 43.2 Å². The van der Waals surface area contributed by atoms with E-state index in [-0.39, 0.29) is 11.1 Å². The van der Waals surface area contributed by atoms with Crippen LogP contribution in [-0.4, -0.2) is 17.7 Å². The first-order chi connectivity index (χ1) is 5.27. The number of hydrogen-bond donors (Lipinski definition) is 1. The Hall–Kier alpha value is -0.0800. The molecule has 1 saturated heterocycles. The Morgan fingerprint density at radius 3 is 2.45 bits per heavy atom. The van der Waals surface area contributed by atoms with Gasteiger partial charge in [-0.25, -0.2) is 0 Å². The maximum absolute atomic E-state index is 6.27. The fourth-order valence-electron chi connectivity index (χ4n) is 3.06. The van der Waals surface area contributed by atoms with Gasteiger partial charge in [0, 0.05) is 5.92 Å². The summed E-state index contributed by atoms with van der Waals surface area (Å²) in [7, 11) is 0. The molecule has 0 aromatic rings. The minimum absolute atomic E-state index is 0.115. The lowest BCUT2D eigenvalue weighted by atomic mass is 9.90. The van der Waals surface area contributed by atoms with E-state index in [1.54, 1.807) is 0 Å². The summed E-state index contributed by atoms with van der Waals surface area (Å²) >= 11 is 0. The van der Waals surface area contributed by atoms with Crippen molar-refractivity contribution in [2.24, 2.45) is 11.7 Å². The molecule has 3 rings (SSSR count). The average Bonchev–Trinajstić information content (AvgIpc) is 2.47. The molecule has 2 nitrogen and oxygen atoms in total. The molecule has 3 fully saturated rings. The lowest BCUT2D eigenvalue weighted by molar-refractivity contribution is -0.0262. The van der Waals surface area contributed by atoms with Crippen molar-refractivity contribution in [3.8, 4) is 0 Å². The highest BCUT2D eigenvalue weighted by atomic mass is 16.5. The van der Waals surface area contributed by atoms with Gasteiger partial charge in [-0.3, -0.25) is 0 Å². The SMILES string of the molecule is NC12CC1COC21CCCC1. The largest absolute Gasteiger partial charge is 0.373 e. The first-order valence-corrected chi connectivity index (χ1v) is 4.70. The molecule has 1 heterocycles. The van der Waals surface area contributed by atoms with Crippen LogP contribution in [0.5, 0.6) is 0 Å². The van der Waals surface area contributed by atoms with Crippen molar-refractivity contribution in [2.75, 3.05) is 6.61 Å². The Morgan fingerprint density at radius 2 is 2.00 bits per heavy atom. The summed E-state index contributed by atoms with van der Waals surface area (Å²) < 4.78 is 5.84. The van der Waals surface area contributed by atoms with Gasteiger partial charge in [0.15, 0.2) is 0 Å². The highest BCUT2D eigenvalue weighted by Gasteiger charge is 2.70. The minimum atomic E-state index is 0.115. The Kier molecular flexibility index (Phi) is 0.961. The van der Waals surface area contributed by atoms with E-state index in [4.69, 9.17) is 10.5 Å². The summed E-state index contributed by atoms with van der Waals surface area (Å²) in [6, 6.07) is 0. The first-order valence-electron chi connectivity index (χ1n) is 4.70. The molecule has 2 atom stereocenters. The van der Waals surface area contributed by atoms with Crippen LogP contribution in [0.15, 0.2) is 0 Å². The van der Waals surface area contributed by atoms with Gasteiger partial charge in [-0.2, -0.15) is 0 Å². The van der Waals surface area contributed by atoms with E-state index in [1.165, 1.54) is 32.1 Å². The molecule has 2 saturated carbocycles. The number of rotatable bonds is 0. The van der Waals surface area contributed by atoms with E-state index in [0.717, 1.165) is 6.61 Å². The molecule has 2 heteroatoms. The van der Waals surface area contributed by atoms with Gasteiger partial charge in [-0.15, -0.1) is 0 Å². The molecule has 62 valence electrons. The Balaban J connectivity index is 1.96. The predicted octanol–water partition coefficient (Wildman–Crippen LogP) is 1.05. The number of hydrogen-bond acceptors (Lipinski definition) is 2. The second-order valence-electron chi connectivity index (χ2n) is 4.45. The highest BCUT2D eigenvalue weighted by molar-refractivity contribution is 5.25. The van der Waals surface area contributed by atoms with E-state index in [9.17, 15) is 0 Å². The van der Waals surface area contributed by atoms with Crippen LogP contribution in [-0.2, 0) is 4.74 Å². The quantitative estimate of drug-likeness (QED) is 0.564. The molecular formula is C9H15NO. The molecule has 0 aromatic carbocycles. The third-order valence-corrected chi connectivity index (χ3v) is 3.97. The van der Waals surface area contributed by atoms with Crippen molar-refractivity contribution in [3.05, 3.63) is 0 Å². The monoisotopic (exact) mass is 153 g/mol. The summed E-state index contributed by atoms with van der Waals surface area (Å²) in [5, 5.41) is 0. The zero-order valence-corrected chi connectivity index (χ0v) is 6.81. The second kappa shape index (κ2) is 1.64. The normalized spacial score (nSPS) is 51.5. The zero-order valence-electron chi connectivity index (χ0n) is 6.81. The van der Waals surface area contributed by atoms with Crippen LogP contribution in [0.4, 0.5) is 0 Å². The average molecular weight is 153 g/mol. The predicted molar refractivity (Wildman–Crippen MR) is 42.2 cm³/mol. The summed E-state index contributed by atoms with van der Waals surface area (Å²) in [4.78, 5) is 0. The van der Waals surface area contributed by atoms with Gasteiger partial charge in [-0.1, -0.05) is 12.8 Å². The highest BCUT2D eigenvalue weighted by Crippen LogP contribution is 2.61. The topological polar surface area (TPSA) is 35.2 Å². The molecule has 3 aliphatic rings. The van der Waals surface area contributed by atoms with Crippen LogP contribution in [0, 0.1) is 5.92 Å². The summed E-state index contributed by atoms with van der Waals surface area (Å²) in [6.45, 7) is 0.941. The summed E-state index contributed by atoms with van der Waals surface area (Å²) in [6.07, 6.45) is 6.32. The van der Waals surface area contributed by atoms with Gasteiger partial charge in [0.1, 0.15) is 0 Å². The van der Waals surface area contributed by atoms with Gasteiger partial charge >= 0.3 is 0 Å². The van der Waals surface area contributed by atoms with Gasteiger partial charge in [-0.05, 0) is 19.3 Å². The minimum Gasteiger partial charge on any atom is -0.373 e. The number of ether oxygens (including phenoxy) is 1. The van der Waals surface area contributed by atoms with Gasteiger partial charge in [0.2, 0.25) is 0 Å². The van der Waals surface area contributed by atoms with Crippen molar-refractivity contribution in [3.63, 3.8) is 0 Å². The van der Waals surface area contributed by atoms with Crippen LogP contribution < -0.4 is 5.73 Å². The molecule has 2 N–H and O–H groups in total. The van der Waals surface area contributed by atoms with Gasteiger partial charge in [0.25, 0.3) is 0 Å². The standard InChI is InChI=1S/C9H15NO/c10-9-5-7(9)6-11-8(9)3-1-2-4-8/h7H,1-6,10H2. The fourth-order valence-corrected chi connectivity index (χ4v) is 3.06. The van der Waals surface area contributed by atoms with E-state index in [2.05, 4.69) is 0 Å². The van der Waals surface area contributed by atoms with Crippen molar-refractivity contribution in [1.82, 2.24) is 0 Å².